The number of rotatable bonds is 6. The van der Waals surface area contributed by atoms with Crippen LogP contribution in [0.2, 0.25) is 0 Å². The maximum absolute atomic E-state index is 10.3. The fourth-order valence-corrected chi connectivity index (χ4v) is 4.35. The first kappa shape index (κ1) is 21.4. The van der Waals surface area contributed by atoms with E-state index in [-0.39, 0.29) is 0 Å². The molecule has 0 saturated carbocycles. The molecule has 0 aliphatic carbocycles. The zero-order valence-electron chi connectivity index (χ0n) is 19.2. The molecule has 1 N–H and O–H groups in total. The van der Waals surface area contributed by atoms with Gasteiger partial charge in [0, 0.05) is 55.4 Å². The molecule has 33 heavy (non-hydrogen) atoms. The zero-order chi connectivity index (χ0) is 23.0. The lowest BCUT2D eigenvalue weighted by Gasteiger charge is -2.16. The monoisotopic (exact) mass is 440 g/mol. The van der Waals surface area contributed by atoms with E-state index < -0.39 is 5.60 Å². The molecule has 0 amide bonds. The molecule has 4 heterocycles. The van der Waals surface area contributed by atoms with Gasteiger partial charge >= 0.3 is 0 Å². The maximum atomic E-state index is 10.3. The molecule has 1 aliphatic rings. The second kappa shape index (κ2) is 8.50. The Balaban J connectivity index is 1.48. The van der Waals surface area contributed by atoms with Gasteiger partial charge in [0.2, 0.25) is 0 Å². The second-order valence-corrected chi connectivity index (χ2v) is 9.45. The van der Waals surface area contributed by atoms with Gasteiger partial charge < -0.3 is 5.11 Å². The number of fused-ring (bicyclic) bond motifs is 1. The summed E-state index contributed by atoms with van der Waals surface area (Å²) in [6.07, 6.45) is 7.96. The molecule has 3 aromatic heterocycles. The Labute approximate surface area is 193 Å². The zero-order valence-corrected chi connectivity index (χ0v) is 19.2. The van der Waals surface area contributed by atoms with Crippen LogP contribution in [0, 0.1) is 0 Å². The van der Waals surface area contributed by atoms with Crippen LogP contribution in [0.25, 0.3) is 22.5 Å². The number of nitrogens with zero attached hydrogens (tertiary/aromatic N) is 6. The Bertz CT molecular complexity index is 1280. The van der Waals surface area contributed by atoms with Gasteiger partial charge in [-0.1, -0.05) is 18.2 Å². The quantitative estimate of drug-likeness (QED) is 0.492. The number of pyridine rings is 1. The molecule has 4 aromatic rings. The molecule has 0 unspecified atom stereocenters. The Kier molecular flexibility index (Phi) is 5.52. The molecule has 0 saturated heterocycles. The van der Waals surface area contributed by atoms with Gasteiger partial charge in [-0.2, -0.15) is 5.10 Å². The van der Waals surface area contributed by atoms with Gasteiger partial charge in [0.15, 0.2) is 0 Å². The maximum Gasteiger partial charge on any atom is 0.133 e. The lowest BCUT2D eigenvalue weighted by molar-refractivity contribution is 0.0578. The van der Waals surface area contributed by atoms with E-state index >= 15 is 0 Å². The van der Waals surface area contributed by atoms with Crippen LogP contribution in [0.3, 0.4) is 0 Å². The highest BCUT2D eigenvalue weighted by molar-refractivity contribution is 5.78. The second-order valence-electron chi connectivity index (χ2n) is 9.45. The minimum Gasteiger partial charge on any atom is -0.389 e. The van der Waals surface area contributed by atoms with E-state index in [1.165, 1.54) is 16.7 Å². The first-order valence-corrected chi connectivity index (χ1v) is 11.2. The number of aliphatic hydroxyl groups is 1. The Morgan fingerprint density at radius 3 is 2.70 bits per heavy atom. The third-order valence-corrected chi connectivity index (χ3v) is 5.74. The summed E-state index contributed by atoms with van der Waals surface area (Å²) in [5.74, 6) is 0.770. The molecule has 5 rings (SSSR count). The van der Waals surface area contributed by atoms with Crippen molar-refractivity contribution in [3.63, 3.8) is 0 Å². The van der Waals surface area contributed by atoms with E-state index in [0.29, 0.717) is 13.0 Å². The highest BCUT2D eigenvalue weighted by atomic mass is 16.3. The largest absolute Gasteiger partial charge is 0.389 e. The molecule has 1 aliphatic heterocycles. The average Bonchev–Trinajstić information content (AvgIpc) is 3.35. The predicted octanol–water partition coefficient (Wildman–Crippen LogP) is 3.71. The summed E-state index contributed by atoms with van der Waals surface area (Å²) in [4.78, 5) is 16.0. The summed E-state index contributed by atoms with van der Waals surface area (Å²) in [6, 6.07) is 12.5. The van der Waals surface area contributed by atoms with Crippen LogP contribution >= 0.6 is 0 Å². The van der Waals surface area contributed by atoms with Gasteiger partial charge in [-0.15, -0.1) is 0 Å². The molecular formula is C26H28N6O. The average molecular weight is 441 g/mol. The Morgan fingerprint density at radius 2 is 1.91 bits per heavy atom. The third-order valence-electron chi connectivity index (χ3n) is 5.74. The van der Waals surface area contributed by atoms with Gasteiger partial charge in [-0.3, -0.25) is 14.6 Å². The van der Waals surface area contributed by atoms with E-state index in [0.717, 1.165) is 41.4 Å². The molecule has 0 atom stereocenters. The SMILES string of the molecule is CN1Cc2ccc(Cc3nccc(-c4cn(CC(C)(C)O)nc4-c4cccnc4)n3)cc2C1. The van der Waals surface area contributed by atoms with Crippen molar-refractivity contribution in [2.45, 2.75) is 45.5 Å². The summed E-state index contributed by atoms with van der Waals surface area (Å²) >= 11 is 0. The van der Waals surface area contributed by atoms with Crippen LogP contribution in [0.15, 0.2) is 61.2 Å². The van der Waals surface area contributed by atoms with E-state index in [1.807, 2.05) is 24.4 Å². The van der Waals surface area contributed by atoms with Crippen molar-refractivity contribution in [2.24, 2.45) is 0 Å². The lowest BCUT2D eigenvalue weighted by Crippen LogP contribution is -2.26. The standard InChI is InChI=1S/C26H28N6O/c1-26(2,33)17-32-16-22(25(30-32)19-5-4-9-27-13-19)23-8-10-28-24(29-23)12-18-6-7-20-14-31(3)15-21(20)11-18/h4-11,13,16,33H,12,14-15,17H2,1-3H3. The highest BCUT2D eigenvalue weighted by Crippen LogP contribution is 2.30. The molecule has 168 valence electrons. The van der Waals surface area contributed by atoms with Gasteiger partial charge in [-0.05, 0) is 55.8 Å². The lowest BCUT2D eigenvalue weighted by atomic mass is 10.0. The fourth-order valence-electron chi connectivity index (χ4n) is 4.35. The molecule has 0 fully saturated rings. The van der Waals surface area contributed by atoms with Crippen molar-refractivity contribution in [2.75, 3.05) is 7.05 Å². The van der Waals surface area contributed by atoms with Crippen LogP contribution in [0.1, 0.15) is 36.4 Å². The van der Waals surface area contributed by atoms with Crippen LogP contribution in [0.5, 0.6) is 0 Å². The van der Waals surface area contributed by atoms with E-state index in [9.17, 15) is 5.11 Å². The minimum atomic E-state index is -0.881. The third kappa shape index (κ3) is 4.84. The number of hydrogen-bond acceptors (Lipinski definition) is 6. The minimum absolute atomic E-state index is 0.377. The Morgan fingerprint density at radius 1 is 1.06 bits per heavy atom. The molecule has 0 radical (unpaired) electrons. The number of hydrogen-bond donors (Lipinski definition) is 1. The summed E-state index contributed by atoms with van der Waals surface area (Å²) in [5.41, 5.74) is 6.52. The Hall–Kier alpha value is -3.42. The smallest absolute Gasteiger partial charge is 0.133 e. The van der Waals surface area contributed by atoms with Crippen molar-refractivity contribution in [1.82, 2.24) is 29.6 Å². The summed E-state index contributed by atoms with van der Waals surface area (Å²) in [7, 11) is 2.14. The van der Waals surface area contributed by atoms with Gasteiger partial charge in [0.1, 0.15) is 11.5 Å². The highest BCUT2D eigenvalue weighted by Gasteiger charge is 2.20. The van der Waals surface area contributed by atoms with Gasteiger partial charge in [0.05, 0.1) is 17.8 Å². The van der Waals surface area contributed by atoms with Gasteiger partial charge in [-0.25, -0.2) is 9.97 Å². The van der Waals surface area contributed by atoms with E-state index in [1.54, 1.807) is 37.1 Å². The van der Waals surface area contributed by atoms with E-state index in [2.05, 4.69) is 40.1 Å². The molecule has 1 aromatic carbocycles. The first-order chi connectivity index (χ1) is 15.8. The van der Waals surface area contributed by atoms with E-state index in [4.69, 9.17) is 10.1 Å². The molecule has 7 heteroatoms. The van der Waals surface area contributed by atoms with Gasteiger partial charge in [0.25, 0.3) is 0 Å². The van der Waals surface area contributed by atoms with Crippen molar-refractivity contribution >= 4 is 0 Å². The fraction of sp³-hybridized carbons (Fsp3) is 0.308. The summed E-state index contributed by atoms with van der Waals surface area (Å²) < 4.78 is 1.77. The van der Waals surface area contributed by atoms with Crippen LogP contribution < -0.4 is 0 Å². The molecule has 0 bridgehead atoms. The molecular weight excluding hydrogens is 412 g/mol. The normalized spacial score (nSPS) is 13.9. The molecule has 0 spiro atoms. The van der Waals surface area contributed by atoms with Crippen molar-refractivity contribution < 1.29 is 5.11 Å². The van der Waals surface area contributed by atoms with Crippen LogP contribution in [0.4, 0.5) is 0 Å². The summed E-state index contributed by atoms with van der Waals surface area (Å²) in [5, 5.41) is 15.1. The van der Waals surface area contributed by atoms with Crippen LogP contribution in [-0.4, -0.2) is 47.4 Å². The van der Waals surface area contributed by atoms with Crippen molar-refractivity contribution in [1.29, 1.82) is 0 Å². The number of aromatic nitrogens is 5. The topological polar surface area (TPSA) is 80.0 Å². The van der Waals surface area contributed by atoms with Crippen molar-refractivity contribution in [3.8, 4) is 22.5 Å². The number of benzene rings is 1. The summed E-state index contributed by atoms with van der Waals surface area (Å²) in [6.45, 7) is 5.92. The molecule has 7 nitrogen and oxygen atoms in total. The van der Waals surface area contributed by atoms with Crippen LogP contribution in [-0.2, 0) is 26.1 Å². The predicted molar refractivity (Wildman–Crippen MR) is 127 cm³/mol. The van der Waals surface area contributed by atoms with Crippen molar-refractivity contribution in [3.05, 3.63) is 83.7 Å². The first-order valence-electron chi connectivity index (χ1n) is 11.2.